The summed E-state index contributed by atoms with van der Waals surface area (Å²) in [5, 5.41) is 18.4. The standard InChI is InChI=1S/C31H33N3O3S/c35-25(21-37-30-11-5-10-29-31(30)27-8-3-4-9-28(27)33-29)20-32-19-22-14-16-34(17-15-22)38(36)26-13-12-23-6-1-2-7-24(23)18-26/h1-13,18,22,25,32-33,35H,14-17,19-21H2/t25-,38?/m0/s1. The van der Waals surface area contributed by atoms with E-state index in [9.17, 15) is 9.32 Å². The number of hydrogen-bond acceptors (Lipinski definition) is 4. The molecule has 0 spiro atoms. The van der Waals surface area contributed by atoms with Crippen LogP contribution >= 0.6 is 0 Å². The number of benzene rings is 4. The van der Waals surface area contributed by atoms with Crippen LogP contribution in [-0.2, 0) is 11.0 Å². The molecule has 7 heteroatoms. The number of aliphatic hydroxyl groups is 1. The van der Waals surface area contributed by atoms with E-state index in [4.69, 9.17) is 4.74 Å². The van der Waals surface area contributed by atoms with Crippen LogP contribution in [0.2, 0.25) is 0 Å². The topological polar surface area (TPSA) is 77.6 Å². The average Bonchev–Trinajstić information content (AvgIpc) is 3.35. The van der Waals surface area contributed by atoms with Gasteiger partial charge in [-0.2, -0.15) is 0 Å². The summed E-state index contributed by atoms with van der Waals surface area (Å²) in [5.41, 5.74) is 2.11. The predicted molar refractivity (Wildman–Crippen MR) is 155 cm³/mol. The molecule has 0 radical (unpaired) electrons. The van der Waals surface area contributed by atoms with Crippen LogP contribution in [0.15, 0.2) is 89.8 Å². The maximum absolute atomic E-state index is 13.2. The van der Waals surface area contributed by atoms with Crippen molar-refractivity contribution in [2.24, 2.45) is 5.92 Å². The molecule has 38 heavy (non-hydrogen) atoms. The number of aliphatic hydroxyl groups excluding tert-OH is 1. The lowest BCUT2D eigenvalue weighted by atomic mass is 9.98. The van der Waals surface area contributed by atoms with Gasteiger partial charge in [0.25, 0.3) is 0 Å². The van der Waals surface area contributed by atoms with E-state index in [1.807, 2.05) is 54.6 Å². The fourth-order valence-electron chi connectivity index (χ4n) is 5.39. The van der Waals surface area contributed by atoms with E-state index in [2.05, 4.69) is 44.9 Å². The first-order valence-electron chi connectivity index (χ1n) is 13.3. The number of nitrogens with one attached hydrogen (secondary N) is 2. The summed E-state index contributed by atoms with van der Waals surface area (Å²) < 4.78 is 21.3. The number of aromatic nitrogens is 1. The molecular weight excluding hydrogens is 494 g/mol. The normalized spacial score (nSPS) is 16.8. The second kappa shape index (κ2) is 11.3. The van der Waals surface area contributed by atoms with E-state index in [1.165, 1.54) is 5.39 Å². The fraction of sp³-hybridized carbons (Fsp3) is 0.290. The number of ether oxygens (including phenoxy) is 1. The Kier molecular flexibility index (Phi) is 7.42. The van der Waals surface area contributed by atoms with Crippen LogP contribution in [0.3, 0.4) is 0 Å². The summed E-state index contributed by atoms with van der Waals surface area (Å²) >= 11 is 0. The molecule has 1 aliphatic heterocycles. The van der Waals surface area contributed by atoms with Crippen LogP contribution < -0.4 is 10.1 Å². The zero-order valence-electron chi connectivity index (χ0n) is 21.3. The third-order valence-electron chi connectivity index (χ3n) is 7.47. The van der Waals surface area contributed by atoms with Gasteiger partial charge >= 0.3 is 0 Å². The smallest absolute Gasteiger partial charge is 0.129 e. The van der Waals surface area contributed by atoms with Gasteiger partial charge in [-0.05, 0) is 66.4 Å². The first-order chi connectivity index (χ1) is 18.7. The molecule has 1 saturated heterocycles. The minimum atomic E-state index is -1.14. The summed E-state index contributed by atoms with van der Waals surface area (Å²) in [6.45, 7) is 3.17. The molecular formula is C31H33N3O3S. The number of hydrogen-bond donors (Lipinski definition) is 3. The molecule has 1 unspecified atom stereocenters. The summed E-state index contributed by atoms with van der Waals surface area (Å²) in [4.78, 5) is 4.29. The fourth-order valence-corrected chi connectivity index (χ4v) is 6.64. The highest BCUT2D eigenvalue weighted by Gasteiger charge is 2.24. The first kappa shape index (κ1) is 25.1. The molecule has 6 rings (SSSR count). The highest BCUT2D eigenvalue weighted by Crippen LogP contribution is 2.33. The van der Waals surface area contributed by atoms with Gasteiger partial charge in [0.1, 0.15) is 29.4 Å². The number of aromatic amines is 1. The number of fused-ring (bicyclic) bond motifs is 4. The first-order valence-corrected chi connectivity index (χ1v) is 14.4. The lowest BCUT2D eigenvalue weighted by Crippen LogP contribution is -2.40. The maximum Gasteiger partial charge on any atom is 0.129 e. The minimum Gasteiger partial charge on any atom is -0.490 e. The van der Waals surface area contributed by atoms with E-state index in [-0.39, 0.29) is 6.61 Å². The van der Waals surface area contributed by atoms with Crippen molar-refractivity contribution in [2.45, 2.75) is 23.8 Å². The molecule has 0 amide bonds. The third-order valence-corrected chi connectivity index (χ3v) is 8.96. The molecule has 1 aliphatic rings. The summed E-state index contributed by atoms with van der Waals surface area (Å²) in [6, 6.07) is 28.4. The van der Waals surface area contributed by atoms with Gasteiger partial charge in [0.2, 0.25) is 0 Å². The number of rotatable bonds is 9. The lowest BCUT2D eigenvalue weighted by Gasteiger charge is -2.31. The Hall–Kier alpha value is -3.23. The SMILES string of the molecule is O=S(c1ccc2ccccc2c1)N1CCC(CNC[C@H](O)COc2cccc3[nH]c4ccccc4c23)CC1. The second-order valence-electron chi connectivity index (χ2n) is 10.1. The molecule has 5 aromatic rings. The van der Waals surface area contributed by atoms with Crippen LogP contribution in [0.5, 0.6) is 5.75 Å². The molecule has 0 bridgehead atoms. The highest BCUT2D eigenvalue weighted by atomic mass is 32.2. The second-order valence-corrected chi connectivity index (χ2v) is 11.6. The van der Waals surface area contributed by atoms with Crippen LogP contribution in [0.4, 0.5) is 0 Å². The molecule has 4 aromatic carbocycles. The van der Waals surface area contributed by atoms with Crippen molar-refractivity contribution in [2.75, 3.05) is 32.8 Å². The zero-order chi connectivity index (χ0) is 25.9. The van der Waals surface area contributed by atoms with Crippen molar-refractivity contribution in [3.63, 3.8) is 0 Å². The maximum atomic E-state index is 13.2. The minimum absolute atomic E-state index is 0.231. The van der Waals surface area contributed by atoms with Crippen molar-refractivity contribution in [3.05, 3.63) is 84.9 Å². The number of para-hydroxylation sites is 1. The quantitative estimate of drug-likeness (QED) is 0.245. The Balaban J connectivity index is 0.960. The van der Waals surface area contributed by atoms with Gasteiger partial charge in [-0.1, -0.05) is 54.6 Å². The Morgan fingerprint density at radius 1 is 0.947 bits per heavy atom. The summed E-state index contributed by atoms with van der Waals surface area (Å²) in [6.07, 6.45) is 1.37. The highest BCUT2D eigenvalue weighted by molar-refractivity contribution is 7.82. The summed E-state index contributed by atoms with van der Waals surface area (Å²) in [7, 11) is -1.14. The molecule has 196 valence electrons. The lowest BCUT2D eigenvalue weighted by molar-refractivity contribution is 0.105. The molecule has 2 heterocycles. The van der Waals surface area contributed by atoms with Gasteiger partial charge in [-0.15, -0.1) is 0 Å². The van der Waals surface area contributed by atoms with Crippen molar-refractivity contribution < 1.29 is 14.1 Å². The van der Waals surface area contributed by atoms with E-state index < -0.39 is 17.1 Å². The molecule has 0 aliphatic carbocycles. The van der Waals surface area contributed by atoms with Crippen molar-refractivity contribution >= 4 is 43.6 Å². The van der Waals surface area contributed by atoms with Gasteiger partial charge in [-0.25, -0.2) is 8.51 Å². The van der Waals surface area contributed by atoms with Crippen molar-refractivity contribution in [1.82, 2.24) is 14.6 Å². The average molecular weight is 528 g/mol. The van der Waals surface area contributed by atoms with Crippen molar-refractivity contribution in [1.29, 1.82) is 0 Å². The van der Waals surface area contributed by atoms with Crippen LogP contribution in [0.1, 0.15) is 12.8 Å². The Bertz CT molecular complexity index is 1580. The molecule has 1 fully saturated rings. The summed E-state index contributed by atoms with van der Waals surface area (Å²) in [5.74, 6) is 1.29. The van der Waals surface area contributed by atoms with Gasteiger partial charge < -0.3 is 20.1 Å². The molecule has 2 atom stereocenters. The van der Waals surface area contributed by atoms with Crippen molar-refractivity contribution in [3.8, 4) is 5.75 Å². The van der Waals surface area contributed by atoms with Gasteiger partial charge in [-0.3, -0.25) is 0 Å². The van der Waals surface area contributed by atoms with E-state index in [1.54, 1.807) is 0 Å². The van der Waals surface area contributed by atoms with Crippen LogP contribution in [0.25, 0.3) is 32.6 Å². The number of H-pyrrole nitrogens is 1. The third kappa shape index (κ3) is 5.33. The van der Waals surface area contributed by atoms with E-state index in [0.29, 0.717) is 12.5 Å². The molecule has 1 aromatic heterocycles. The molecule has 6 nitrogen and oxygen atoms in total. The molecule has 0 saturated carbocycles. The van der Waals surface area contributed by atoms with E-state index >= 15 is 0 Å². The Morgan fingerprint density at radius 2 is 1.71 bits per heavy atom. The van der Waals surface area contributed by atoms with Crippen LogP contribution in [-0.4, -0.2) is 57.5 Å². The van der Waals surface area contributed by atoms with Gasteiger partial charge in [0.15, 0.2) is 0 Å². The zero-order valence-corrected chi connectivity index (χ0v) is 22.1. The van der Waals surface area contributed by atoms with E-state index in [0.717, 1.165) is 70.3 Å². The van der Waals surface area contributed by atoms with Gasteiger partial charge in [0, 0.05) is 35.9 Å². The Labute approximate surface area is 225 Å². The van der Waals surface area contributed by atoms with Crippen LogP contribution in [0, 0.1) is 5.92 Å². The largest absolute Gasteiger partial charge is 0.490 e. The monoisotopic (exact) mass is 527 g/mol. The predicted octanol–water partition coefficient (Wildman–Crippen LogP) is 5.24. The van der Waals surface area contributed by atoms with Gasteiger partial charge in [0.05, 0.1) is 10.4 Å². The number of piperidine rings is 1. The number of nitrogens with zero attached hydrogens (tertiary/aromatic N) is 1. The molecule has 3 N–H and O–H groups in total. The Morgan fingerprint density at radius 3 is 2.58 bits per heavy atom.